The molecule has 0 spiro atoms. The molecule has 0 atom stereocenters. The maximum atomic E-state index is 12.3. The van der Waals surface area contributed by atoms with Gasteiger partial charge in [-0.25, -0.2) is 4.79 Å². The molecular weight excluding hydrogens is 236 g/mol. The molecule has 3 rings (SSSR count). The summed E-state index contributed by atoms with van der Waals surface area (Å²) < 4.78 is 10.0. The summed E-state index contributed by atoms with van der Waals surface area (Å²) in [5.41, 5.74) is 6.45. The molecule has 1 aromatic carbocycles. The number of nitrogens with two attached hydrogens (primary N) is 1. The first-order valence-electron chi connectivity index (χ1n) is 5.60. The van der Waals surface area contributed by atoms with Gasteiger partial charge < -0.3 is 14.9 Å². The first-order valence-corrected chi connectivity index (χ1v) is 5.60. The predicted molar refractivity (Wildman–Crippen MR) is 63.5 cm³/mol. The fourth-order valence-electron chi connectivity index (χ4n) is 2.08. The van der Waals surface area contributed by atoms with Gasteiger partial charge in [0, 0.05) is 12.1 Å². The summed E-state index contributed by atoms with van der Waals surface area (Å²) in [6, 6.07) is 4.87. The highest BCUT2D eigenvalue weighted by atomic mass is 16.5. The number of oxazole rings is 1. The number of fused-ring (bicyclic) bond motifs is 1. The van der Waals surface area contributed by atoms with Gasteiger partial charge in [0.25, 0.3) is 0 Å². The van der Waals surface area contributed by atoms with Gasteiger partial charge in [0.1, 0.15) is 0 Å². The van der Waals surface area contributed by atoms with Gasteiger partial charge in [-0.05, 0) is 18.2 Å². The van der Waals surface area contributed by atoms with Crippen molar-refractivity contribution in [3.63, 3.8) is 0 Å². The van der Waals surface area contributed by atoms with E-state index >= 15 is 0 Å². The van der Waals surface area contributed by atoms with Crippen molar-refractivity contribution in [2.45, 2.75) is 0 Å². The number of ether oxygens (including phenoxy) is 1. The van der Waals surface area contributed by atoms with E-state index in [1.807, 2.05) is 0 Å². The number of ketones is 1. The molecule has 3 N–H and O–H groups in total. The summed E-state index contributed by atoms with van der Waals surface area (Å²) in [5.74, 6) is -0.600. The molecule has 6 nitrogen and oxygen atoms in total. The topological polar surface area (TPSA) is 98.3 Å². The number of carbonyl (C=O) groups is 1. The zero-order valence-corrected chi connectivity index (χ0v) is 9.56. The van der Waals surface area contributed by atoms with E-state index < -0.39 is 11.2 Å². The average molecular weight is 248 g/mol. The highest BCUT2D eigenvalue weighted by Gasteiger charge is 2.44. The van der Waals surface area contributed by atoms with Crippen molar-refractivity contribution in [1.29, 1.82) is 0 Å². The van der Waals surface area contributed by atoms with Crippen LogP contribution in [0.25, 0.3) is 11.1 Å². The standard InChI is InChI=1S/C12H12N2O4/c13-4-12(5-17-6-12)10(15)7-1-2-8-9(3-7)18-11(16)14-8/h1-3H,4-6,13H2,(H,14,16). The number of hydrogen-bond donors (Lipinski definition) is 2. The van der Waals surface area contributed by atoms with Crippen LogP contribution in [-0.2, 0) is 4.74 Å². The molecule has 1 fully saturated rings. The van der Waals surface area contributed by atoms with E-state index in [0.717, 1.165) is 0 Å². The number of aromatic nitrogens is 1. The Bertz CT molecular complexity index is 661. The van der Waals surface area contributed by atoms with Crippen LogP contribution in [0.4, 0.5) is 0 Å². The molecule has 0 radical (unpaired) electrons. The Morgan fingerprint density at radius 2 is 2.22 bits per heavy atom. The van der Waals surface area contributed by atoms with Crippen LogP contribution >= 0.6 is 0 Å². The summed E-state index contributed by atoms with van der Waals surface area (Å²) >= 11 is 0. The van der Waals surface area contributed by atoms with E-state index in [0.29, 0.717) is 29.9 Å². The van der Waals surface area contributed by atoms with Crippen LogP contribution in [0, 0.1) is 5.41 Å². The van der Waals surface area contributed by atoms with Crippen molar-refractivity contribution < 1.29 is 13.9 Å². The Balaban J connectivity index is 2.03. The third kappa shape index (κ3) is 1.50. The Labute approximate surface area is 102 Å². The van der Waals surface area contributed by atoms with Gasteiger partial charge >= 0.3 is 5.76 Å². The molecule has 94 valence electrons. The Hall–Kier alpha value is -1.92. The molecule has 1 aliphatic heterocycles. The van der Waals surface area contributed by atoms with Crippen LogP contribution in [0.15, 0.2) is 27.4 Å². The van der Waals surface area contributed by atoms with Gasteiger partial charge in [0.05, 0.1) is 24.1 Å². The second-order valence-electron chi connectivity index (χ2n) is 4.53. The third-order valence-corrected chi connectivity index (χ3v) is 3.31. The number of nitrogens with one attached hydrogen (secondary N) is 1. The highest BCUT2D eigenvalue weighted by Crippen LogP contribution is 2.31. The zero-order valence-electron chi connectivity index (χ0n) is 9.56. The molecule has 2 aromatic rings. The molecule has 1 aliphatic rings. The minimum absolute atomic E-state index is 0.0676. The number of rotatable bonds is 3. The van der Waals surface area contributed by atoms with E-state index in [2.05, 4.69) is 4.98 Å². The lowest BCUT2D eigenvalue weighted by Gasteiger charge is -2.38. The van der Waals surface area contributed by atoms with E-state index in [1.165, 1.54) is 0 Å². The quantitative estimate of drug-likeness (QED) is 0.760. The normalized spacial score (nSPS) is 17.6. The molecule has 0 bridgehead atoms. The van der Waals surface area contributed by atoms with Gasteiger partial charge in [0.2, 0.25) is 0 Å². The SMILES string of the molecule is NCC1(C(=O)c2ccc3[nH]c(=O)oc3c2)COC1. The fourth-order valence-corrected chi connectivity index (χ4v) is 2.08. The van der Waals surface area contributed by atoms with E-state index in [1.54, 1.807) is 18.2 Å². The molecule has 18 heavy (non-hydrogen) atoms. The maximum Gasteiger partial charge on any atom is 0.417 e. The minimum Gasteiger partial charge on any atom is -0.408 e. The number of carbonyl (C=O) groups excluding carboxylic acids is 1. The predicted octanol–water partition coefficient (Wildman–Crippen LogP) is 0.279. The van der Waals surface area contributed by atoms with Crippen molar-refractivity contribution in [3.05, 3.63) is 34.3 Å². The van der Waals surface area contributed by atoms with Crippen LogP contribution in [0.2, 0.25) is 0 Å². The average Bonchev–Trinajstić information content (AvgIpc) is 2.67. The van der Waals surface area contributed by atoms with Gasteiger partial charge in [-0.2, -0.15) is 0 Å². The summed E-state index contributed by atoms with van der Waals surface area (Å²) in [6.07, 6.45) is 0. The molecule has 0 unspecified atom stereocenters. The van der Waals surface area contributed by atoms with Crippen molar-refractivity contribution in [2.75, 3.05) is 19.8 Å². The monoisotopic (exact) mass is 248 g/mol. The molecule has 0 amide bonds. The van der Waals surface area contributed by atoms with Gasteiger partial charge in [-0.1, -0.05) is 0 Å². The van der Waals surface area contributed by atoms with E-state index in [-0.39, 0.29) is 12.3 Å². The number of hydrogen-bond acceptors (Lipinski definition) is 5. The van der Waals surface area contributed by atoms with Crippen molar-refractivity contribution in [3.8, 4) is 0 Å². The summed E-state index contributed by atoms with van der Waals surface area (Å²) in [7, 11) is 0. The largest absolute Gasteiger partial charge is 0.417 e. The van der Waals surface area contributed by atoms with Crippen molar-refractivity contribution in [1.82, 2.24) is 4.98 Å². The number of H-pyrrole nitrogens is 1. The lowest BCUT2D eigenvalue weighted by molar-refractivity contribution is -0.0816. The smallest absolute Gasteiger partial charge is 0.408 e. The lowest BCUT2D eigenvalue weighted by Crippen LogP contribution is -2.54. The molecule has 0 aliphatic carbocycles. The van der Waals surface area contributed by atoms with Crippen molar-refractivity contribution >= 4 is 16.9 Å². The lowest BCUT2D eigenvalue weighted by atomic mass is 9.78. The number of benzene rings is 1. The molecule has 6 heteroatoms. The molecule has 1 aromatic heterocycles. The van der Waals surface area contributed by atoms with Crippen LogP contribution in [0.1, 0.15) is 10.4 Å². The second kappa shape index (κ2) is 3.79. The van der Waals surface area contributed by atoms with Crippen LogP contribution < -0.4 is 11.5 Å². The second-order valence-corrected chi connectivity index (χ2v) is 4.53. The molecular formula is C12H12N2O4. The Morgan fingerprint density at radius 3 is 2.83 bits per heavy atom. The van der Waals surface area contributed by atoms with Gasteiger partial charge in [-0.15, -0.1) is 0 Å². The zero-order chi connectivity index (χ0) is 12.8. The van der Waals surface area contributed by atoms with E-state index in [9.17, 15) is 9.59 Å². The van der Waals surface area contributed by atoms with Gasteiger partial charge in [0.15, 0.2) is 11.4 Å². The molecule has 2 heterocycles. The van der Waals surface area contributed by atoms with E-state index in [4.69, 9.17) is 14.9 Å². The maximum absolute atomic E-state index is 12.3. The van der Waals surface area contributed by atoms with Crippen LogP contribution in [0.3, 0.4) is 0 Å². The molecule has 1 saturated heterocycles. The Morgan fingerprint density at radius 1 is 1.44 bits per heavy atom. The highest BCUT2D eigenvalue weighted by molar-refractivity contribution is 6.03. The van der Waals surface area contributed by atoms with Crippen molar-refractivity contribution in [2.24, 2.45) is 11.1 Å². The number of aromatic amines is 1. The Kier molecular flexibility index (Phi) is 2.36. The number of Topliss-reactive ketones (excluding diaryl/α,β-unsaturated/α-hetero) is 1. The summed E-state index contributed by atoms with van der Waals surface area (Å²) in [6.45, 7) is 0.940. The minimum atomic E-state index is -0.621. The first-order chi connectivity index (χ1) is 8.64. The van der Waals surface area contributed by atoms with Crippen LogP contribution in [0.5, 0.6) is 0 Å². The summed E-state index contributed by atoms with van der Waals surface area (Å²) in [4.78, 5) is 25.9. The molecule has 0 saturated carbocycles. The third-order valence-electron chi connectivity index (χ3n) is 3.31. The van der Waals surface area contributed by atoms with Crippen LogP contribution in [-0.4, -0.2) is 30.5 Å². The van der Waals surface area contributed by atoms with Gasteiger partial charge in [-0.3, -0.25) is 9.78 Å². The fraction of sp³-hybridized carbons (Fsp3) is 0.333. The first kappa shape index (κ1) is 11.2. The summed E-state index contributed by atoms with van der Waals surface area (Å²) in [5, 5.41) is 0.